The number of ether oxygens (including phenoxy) is 1. The van der Waals surface area contributed by atoms with Gasteiger partial charge in [0.2, 0.25) is 0 Å². The molecule has 82 valence electrons. The summed E-state index contributed by atoms with van der Waals surface area (Å²) in [4.78, 5) is 17.9. The van der Waals surface area contributed by atoms with E-state index in [1.54, 1.807) is 6.21 Å². The van der Waals surface area contributed by atoms with Crippen LogP contribution in [0.1, 0.15) is 19.8 Å². The van der Waals surface area contributed by atoms with Crippen LogP contribution in [0.2, 0.25) is 0 Å². The van der Waals surface area contributed by atoms with E-state index in [0.717, 1.165) is 12.8 Å². The molecule has 4 nitrogen and oxygen atoms in total. The summed E-state index contributed by atoms with van der Waals surface area (Å²) in [5.74, 6) is -0.110. The molecule has 2 unspecified atom stereocenters. The Morgan fingerprint density at radius 1 is 1.67 bits per heavy atom. The molecule has 1 aliphatic carbocycles. The zero-order valence-electron chi connectivity index (χ0n) is 9.14. The summed E-state index contributed by atoms with van der Waals surface area (Å²) >= 11 is 0. The van der Waals surface area contributed by atoms with E-state index in [2.05, 4.69) is 9.89 Å². The Kier molecular flexibility index (Phi) is 2.50. The summed E-state index contributed by atoms with van der Waals surface area (Å²) in [5, 5.41) is 0. The summed E-state index contributed by atoms with van der Waals surface area (Å²) in [6, 6.07) is 0.235. The van der Waals surface area contributed by atoms with Crippen LogP contribution in [0.4, 0.5) is 0 Å². The Labute approximate surface area is 89.6 Å². The third-order valence-electron chi connectivity index (χ3n) is 3.44. The maximum atomic E-state index is 11.7. The number of hydrogen-bond donors (Lipinski definition) is 0. The topological polar surface area (TPSA) is 41.9 Å². The van der Waals surface area contributed by atoms with Gasteiger partial charge in [0.1, 0.15) is 6.67 Å². The van der Waals surface area contributed by atoms with Crippen LogP contribution in [0.5, 0.6) is 0 Å². The van der Waals surface area contributed by atoms with Crippen molar-refractivity contribution >= 4 is 12.2 Å². The Bertz CT molecular complexity index is 325. The summed E-state index contributed by atoms with van der Waals surface area (Å²) in [7, 11) is 1.45. The van der Waals surface area contributed by atoms with Gasteiger partial charge < -0.3 is 9.64 Å². The lowest BCUT2D eigenvalue weighted by Crippen LogP contribution is -2.56. The Morgan fingerprint density at radius 2 is 2.47 bits per heavy atom. The van der Waals surface area contributed by atoms with E-state index in [4.69, 9.17) is 4.74 Å². The van der Waals surface area contributed by atoms with Crippen LogP contribution < -0.4 is 0 Å². The van der Waals surface area contributed by atoms with Crippen LogP contribution >= 0.6 is 0 Å². The quantitative estimate of drug-likeness (QED) is 0.640. The fourth-order valence-corrected chi connectivity index (χ4v) is 2.31. The average Bonchev–Trinajstić information content (AvgIpc) is 2.27. The predicted molar refractivity (Wildman–Crippen MR) is 57.5 cm³/mol. The molecule has 2 aliphatic rings. The van der Waals surface area contributed by atoms with E-state index >= 15 is 0 Å². The van der Waals surface area contributed by atoms with Crippen molar-refractivity contribution in [2.75, 3.05) is 13.8 Å². The van der Waals surface area contributed by atoms with Gasteiger partial charge in [-0.1, -0.05) is 0 Å². The molecule has 1 heterocycles. The molecule has 1 fully saturated rings. The number of carbonyl (C=O) groups excluding carboxylic acids is 1. The average molecular weight is 208 g/mol. The molecule has 0 saturated heterocycles. The Hall–Kier alpha value is -1.32. The highest BCUT2D eigenvalue weighted by molar-refractivity contribution is 5.78. The molecule has 0 radical (unpaired) electrons. The molecule has 0 aromatic carbocycles. The van der Waals surface area contributed by atoms with Crippen LogP contribution in [0, 0.1) is 5.41 Å². The minimum Gasteiger partial charge on any atom is -0.469 e. The number of allylic oxidation sites excluding steroid dienone is 1. The summed E-state index contributed by atoms with van der Waals surface area (Å²) in [6.45, 7) is 2.62. The normalized spacial score (nSPS) is 33.7. The van der Waals surface area contributed by atoms with Gasteiger partial charge in [0.15, 0.2) is 0 Å². The minimum atomic E-state index is -0.355. The van der Waals surface area contributed by atoms with Gasteiger partial charge >= 0.3 is 5.97 Å². The molecule has 15 heavy (non-hydrogen) atoms. The number of nitrogens with zero attached hydrogens (tertiary/aromatic N) is 2. The molecule has 2 atom stereocenters. The first-order valence-corrected chi connectivity index (χ1v) is 5.19. The Morgan fingerprint density at radius 3 is 2.93 bits per heavy atom. The molecular weight excluding hydrogens is 192 g/mol. The lowest BCUT2D eigenvalue weighted by molar-refractivity contribution is -0.163. The second-order valence-corrected chi connectivity index (χ2v) is 4.29. The van der Waals surface area contributed by atoms with E-state index in [9.17, 15) is 4.79 Å². The minimum absolute atomic E-state index is 0.110. The summed E-state index contributed by atoms with van der Waals surface area (Å²) in [6.07, 6.45) is 7.62. The van der Waals surface area contributed by atoms with Crippen molar-refractivity contribution in [2.45, 2.75) is 25.8 Å². The van der Waals surface area contributed by atoms with Crippen molar-refractivity contribution in [3.05, 3.63) is 12.3 Å². The maximum absolute atomic E-state index is 11.7. The van der Waals surface area contributed by atoms with Crippen molar-refractivity contribution in [3.8, 4) is 0 Å². The van der Waals surface area contributed by atoms with Crippen LogP contribution in [0.3, 0.4) is 0 Å². The third-order valence-corrected chi connectivity index (χ3v) is 3.44. The Balaban J connectivity index is 2.08. The maximum Gasteiger partial charge on any atom is 0.313 e. The van der Waals surface area contributed by atoms with Crippen LogP contribution in [-0.2, 0) is 9.53 Å². The number of aliphatic imine (C=N–C) groups is 1. The lowest BCUT2D eigenvalue weighted by Gasteiger charge is -2.49. The SMILES string of the molecule is COC(=O)C1(C)CCC1N1C=CC=NC1. The fraction of sp³-hybridized carbons (Fsp3) is 0.636. The standard InChI is InChI=1S/C11H16N2O2/c1-11(10(14)15-2)5-4-9(11)13-7-3-6-12-8-13/h3,6-7,9H,4-5,8H2,1-2H3. The van der Waals surface area contributed by atoms with Gasteiger partial charge in [-0.15, -0.1) is 0 Å². The zero-order valence-corrected chi connectivity index (χ0v) is 9.14. The molecule has 0 aromatic heterocycles. The largest absolute Gasteiger partial charge is 0.469 e. The second kappa shape index (κ2) is 3.68. The van der Waals surface area contributed by atoms with E-state index in [1.165, 1.54) is 7.11 Å². The molecule has 0 spiro atoms. The molecule has 2 rings (SSSR count). The monoisotopic (exact) mass is 208 g/mol. The van der Waals surface area contributed by atoms with E-state index in [1.807, 2.05) is 19.2 Å². The van der Waals surface area contributed by atoms with Gasteiger partial charge in [0.05, 0.1) is 12.5 Å². The van der Waals surface area contributed by atoms with Crippen molar-refractivity contribution in [1.82, 2.24) is 4.90 Å². The van der Waals surface area contributed by atoms with Gasteiger partial charge in [-0.2, -0.15) is 0 Å². The van der Waals surface area contributed by atoms with Crippen LogP contribution in [0.15, 0.2) is 17.3 Å². The molecule has 0 bridgehead atoms. The third kappa shape index (κ3) is 1.54. The summed E-state index contributed by atoms with van der Waals surface area (Å²) in [5.41, 5.74) is -0.355. The van der Waals surface area contributed by atoms with E-state index in [0.29, 0.717) is 6.67 Å². The number of carbonyl (C=O) groups is 1. The smallest absolute Gasteiger partial charge is 0.313 e. The van der Waals surface area contributed by atoms with Crippen molar-refractivity contribution in [1.29, 1.82) is 0 Å². The van der Waals surface area contributed by atoms with Gasteiger partial charge in [-0.05, 0) is 25.8 Å². The van der Waals surface area contributed by atoms with Crippen molar-refractivity contribution in [2.24, 2.45) is 10.4 Å². The van der Waals surface area contributed by atoms with E-state index < -0.39 is 0 Å². The molecule has 0 aromatic rings. The first kappa shape index (κ1) is 10.2. The molecule has 0 N–H and O–H groups in total. The predicted octanol–water partition coefficient (Wildman–Crippen LogP) is 1.19. The molecule has 0 amide bonds. The van der Waals surface area contributed by atoms with Crippen LogP contribution in [0.25, 0.3) is 0 Å². The number of esters is 1. The molecular formula is C11H16N2O2. The number of hydrogen-bond acceptors (Lipinski definition) is 4. The first-order valence-electron chi connectivity index (χ1n) is 5.19. The lowest BCUT2D eigenvalue weighted by atomic mass is 9.65. The van der Waals surface area contributed by atoms with Crippen molar-refractivity contribution < 1.29 is 9.53 Å². The van der Waals surface area contributed by atoms with Crippen LogP contribution in [-0.4, -0.2) is 36.9 Å². The van der Waals surface area contributed by atoms with Crippen molar-refractivity contribution in [3.63, 3.8) is 0 Å². The van der Waals surface area contributed by atoms with E-state index in [-0.39, 0.29) is 17.4 Å². The van der Waals surface area contributed by atoms with Gasteiger partial charge in [-0.3, -0.25) is 9.79 Å². The van der Waals surface area contributed by atoms with Gasteiger partial charge in [-0.25, -0.2) is 0 Å². The second-order valence-electron chi connectivity index (χ2n) is 4.29. The first-order chi connectivity index (χ1) is 7.18. The van der Waals surface area contributed by atoms with Gasteiger partial charge in [0.25, 0.3) is 0 Å². The molecule has 4 heteroatoms. The van der Waals surface area contributed by atoms with Gasteiger partial charge in [0, 0.05) is 18.5 Å². The number of rotatable bonds is 2. The highest BCUT2D eigenvalue weighted by Gasteiger charge is 2.51. The zero-order chi connectivity index (χ0) is 10.9. The molecule has 1 saturated carbocycles. The fourth-order valence-electron chi connectivity index (χ4n) is 2.31. The molecule has 1 aliphatic heterocycles. The highest BCUT2D eigenvalue weighted by atomic mass is 16.5. The summed E-state index contributed by atoms with van der Waals surface area (Å²) < 4.78 is 4.85. The highest BCUT2D eigenvalue weighted by Crippen LogP contribution is 2.45. The number of methoxy groups -OCH3 is 1.